The molecule has 1 aromatic heterocycles. The quantitative estimate of drug-likeness (QED) is 0.237. The Morgan fingerprint density at radius 2 is 1.81 bits per heavy atom. The van der Waals surface area contributed by atoms with Crippen LogP contribution in [0.4, 0.5) is 17.5 Å². The topological polar surface area (TPSA) is 133 Å². The van der Waals surface area contributed by atoms with E-state index in [0.29, 0.717) is 30.9 Å². The van der Waals surface area contributed by atoms with Gasteiger partial charge in [0.2, 0.25) is 11.8 Å². The number of rotatable bonds is 10. The van der Waals surface area contributed by atoms with E-state index in [1.807, 2.05) is 49.4 Å². The van der Waals surface area contributed by atoms with Crippen molar-refractivity contribution >= 4 is 17.5 Å². The number of nitrogens with zero attached hydrogens (tertiary/aromatic N) is 3. The molecule has 0 atom stereocenters. The van der Waals surface area contributed by atoms with Crippen LogP contribution in [-0.2, 0) is 13.2 Å². The number of anilines is 2. The first-order valence-electron chi connectivity index (χ1n) is 12.4. The predicted molar refractivity (Wildman–Crippen MR) is 140 cm³/mol. The molecule has 1 saturated carbocycles. The number of nitrogens with one attached hydrogen (secondary N) is 2. The second-order valence-electron chi connectivity index (χ2n) is 9.44. The lowest BCUT2D eigenvalue weighted by Gasteiger charge is -2.27. The molecule has 0 aliphatic heterocycles. The van der Waals surface area contributed by atoms with Crippen LogP contribution in [0, 0.1) is 28.9 Å². The van der Waals surface area contributed by atoms with Crippen LogP contribution in [0.25, 0.3) is 11.1 Å². The van der Waals surface area contributed by atoms with E-state index in [2.05, 4.69) is 20.6 Å². The van der Waals surface area contributed by atoms with Crippen molar-refractivity contribution in [1.29, 1.82) is 0 Å². The molecule has 0 radical (unpaired) electrons. The zero-order valence-electron chi connectivity index (χ0n) is 20.5. The van der Waals surface area contributed by atoms with Crippen LogP contribution < -0.4 is 10.6 Å². The van der Waals surface area contributed by atoms with Gasteiger partial charge in [-0.3, -0.25) is 10.1 Å². The van der Waals surface area contributed by atoms with Crippen LogP contribution in [-0.4, -0.2) is 38.3 Å². The Labute approximate surface area is 210 Å². The van der Waals surface area contributed by atoms with Crippen LogP contribution in [0.15, 0.2) is 48.7 Å². The van der Waals surface area contributed by atoms with Crippen molar-refractivity contribution in [2.24, 2.45) is 11.8 Å². The Morgan fingerprint density at radius 1 is 1.06 bits per heavy atom. The third kappa shape index (κ3) is 6.16. The van der Waals surface area contributed by atoms with E-state index in [1.165, 1.54) is 6.20 Å². The Hall–Kier alpha value is -3.56. The number of benzene rings is 2. The average molecular weight is 492 g/mol. The molecular weight excluding hydrogens is 458 g/mol. The van der Waals surface area contributed by atoms with E-state index in [1.54, 1.807) is 0 Å². The molecule has 0 spiro atoms. The molecule has 9 heteroatoms. The van der Waals surface area contributed by atoms with Gasteiger partial charge in [0.25, 0.3) is 0 Å². The summed E-state index contributed by atoms with van der Waals surface area (Å²) in [6.45, 7) is 3.33. The second-order valence-corrected chi connectivity index (χ2v) is 9.44. The fourth-order valence-corrected chi connectivity index (χ4v) is 4.78. The number of aliphatic hydroxyl groups is 2. The summed E-state index contributed by atoms with van der Waals surface area (Å²) < 4.78 is 0. The van der Waals surface area contributed by atoms with Crippen molar-refractivity contribution < 1.29 is 15.1 Å². The molecule has 9 nitrogen and oxygen atoms in total. The summed E-state index contributed by atoms with van der Waals surface area (Å²) in [6, 6.07) is 13.9. The van der Waals surface area contributed by atoms with E-state index in [9.17, 15) is 20.3 Å². The fraction of sp³-hybridized carbons (Fsp3) is 0.407. The van der Waals surface area contributed by atoms with Gasteiger partial charge in [0, 0.05) is 19.7 Å². The number of aromatic nitrogens is 2. The first kappa shape index (κ1) is 25.5. The third-order valence-corrected chi connectivity index (χ3v) is 7.05. The van der Waals surface area contributed by atoms with Gasteiger partial charge in [0.1, 0.15) is 6.20 Å². The minimum absolute atomic E-state index is 0.00803. The summed E-state index contributed by atoms with van der Waals surface area (Å²) in [4.78, 5) is 19.6. The largest absolute Gasteiger partial charge is 0.396 e. The highest BCUT2D eigenvalue weighted by Crippen LogP contribution is 2.30. The molecule has 1 aliphatic carbocycles. The zero-order chi connectivity index (χ0) is 25.5. The maximum atomic E-state index is 11.5. The molecule has 4 N–H and O–H groups in total. The van der Waals surface area contributed by atoms with Gasteiger partial charge in [-0.05, 0) is 78.3 Å². The monoisotopic (exact) mass is 491 g/mol. The van der Waals surface area contributed by atoms with Crippen LogP contribution in [0.1, 0.15) is 42.4 Å². The maximum Gasteiger partial charge on any atom is 0.329 e. The molecule has 3 aromatic rings. The lowest BCUT2D eigenvalue weighted by atomic mass is 9.82. The van der Waals surface area contributed by atoms with Gasteiger partial charge in [0.15, 0.2) is 0 Å². The molecule has 0 bridgehead atoms. The van der Waals surface area contributed by atoms with E-state index in [4.69, 9.17) is 0 Å². The van der Waals surface area contributed by atoms with Crippen molar-refractivity contribution in [2.45, 2.75) is 45.8 Å². The van der Waals surface area contributed by atoms with E-state index >= 15 is 0 Å². The lowest BCUT2D eigenvalue weighted by molar-refractivity contribution is -0.384. The fourth-order valence-electron chi connectivity index (χ4n) is 4.78. The molecular formula is C27H33N5O4. The van der Waals surface area contributed by atoms with Crippen molar-refractivity contribution in [3.8, 4) is 11.1 Å². The molecule has 0 amide bonds. The molecule has 36 heavy (non-hydrogen) atoms. The van der Waals surface area contributed by atoms with E-state index in [0.717, 1.165) is 53.5 Å². The Bertz CT molecular complexity index is 1190. The summed E-state index contributed by atoms with van der Waals surface area (Å²) in [5, 5.41) is 36.7. The molecule has 0 unspecified atom stereocenters. The SMILES string of the molecule is Cc1c(CNc2ncc([N+](=O)[O-])c(NCC3CCC(CO)CC3)n2)cccc1-c1cccc(CO)c1. The van der Waals surface area contributed by atoms with Crippen LogP contribution in [0.3, 0.4) is 0 Å². The minimum Gasteiger partial charge on any atom is -0.396 e. The highest BCUT2D eigenvalue weighted by atomic mass is 16.6. The molecule has 190 valence electrons. The first-order valence-corrected chi connectivity index (χ1v) is 12.4. The van der Waals surface area contributed by atoms with Gasteiger partial charge < -0.3 is 20.8 Å². The van der Waals surface area contributed by atoms with Gasteiger partial charge in [-0.2, -0.15) is 4.98 Å². The van der Waals surface area contributed by atoms with E-state index in [-0.39, 0.29) is 24.7 Å². The van der Waals surface area contributed by atoms with Gasteiger partial charge in [-0.1, -0.05) is 36.4 Å². The highest BCUT2D eigenvalue weighted by Gasteiger charge is 2.23. The second kappa shape index (κ2) is 11.9. The van der Waals surface area contributed by atoms with Gasteiger partial charge in [-0.25, -0.2) is 4.98 Å². The highest BCUT2D eigenvalue weighted by molar-refractivity contribution is 5.69. The minimum atomic E-state index is -0.469. The van der Waals surface area contributed by atoms with Crippen LogP contribution >= 0.6 is 0 Å². The number of aliphatic hydroxyl groups excluding tert-OH is 2. The summed E-state index contributed by atoms with van der Waals surface area (Å²) in [7, 11) is 0. The van der Waals surface area contributed by atoms with Crippen molar-refractivity contribution in [3.05, 3.63) is 75.5 Å². The van der Waals surface area contributed by atoms with Gasteiger partial charge >= 0.3 is 5.69 Å². The Balaban J connectivity index is 1.45. The standard InChI is InChI=1S/C27H33N5O4/c1-18-23(6-3-7-24(18)22-5-2-4-21(12-22)17-34)14-29-27-30-15-25(32(35)36)26(31-27)28-13-19-8-10-20(16-33)11-9-19/h2-7,12,15,19-20,33-34H,8-11,13-14,16-17H2,1H3,(H2,28,29,30,31). The molecule has 0 saturated heterocycles. The van der Waals surface area contributed by atoms with Gasteiger partial charge in [-0.15, -0.1) is 0 Å². The average Bonchev–Trinajstić information content (AvgIpc) is 2.91. The smallest absolute Gasteiger partial charge is 0.329 e. The van der Waals surface area contributed by atoms with Crippen molar-refractivity contribution in [3.63, 3.8) is 0 Å². The Morgan fingerprint density at radius 3 is 2.53 bits per heavy atom. The third-order valence-electron chi connectivity index (χ3n) is 7.05. The maximum absolute atomic E-state index is 11.5. The molecule has 1 fully saturated rings. The first-order chi connectivity index (χ1) is 17.5. The number of hydrogen-bond donors (Lipinski definition) is 4. The molecule has 1 heterocycles. The van der Waals surface area contributed by atoms with Crippen LogP contribution in [0.2, 0.25) is 0 Å². The number of nitro groups is 1. The summed E-state index contributed by atoms with van der Waals surface area (Å²) in [5.74, 6) is 1.30. The summed E-state index contributed by atoms with van der Waals surface area (Å²) in [6.07, 6.45) is 5.16. The summed E-state index contributed by atoms with van der Waals surface area (Å²) >= 11 is 0. The predicted octanol–water partition coefficient (Wildman–Crippen LogP) is 4.68. The summed E-state index contributed by atoms with van der Waals surface area (Å²) in [5.41, 5.74) is 4.97. The molecule has 1 aliphatic rings. The normalized spacial score (nSPS) is 17.5. The number of hydrogen-bond acceptors (Lipinski definition) is 8. The van der Waals surface area contributed by atoms with Crippen molar-refractivity contribution in [2.75, 3.05) is 23.8 Å². The molecule has 4 rings (SSSR count). The van der Waals surface area contributed by atoms with Crippen LogP contribution in [0.5, 0.6) is 0 Å². The van der Waals surface area contributed by atoms with Crippen molar-refractivity contribution in [1.82, 2.24) is 9.97 Å². The zero-order valence-corrected chi connectivity index (χ0v) is 20.5. The van der Waals surface area contributed by atoms with Gasteiger partial charge in [0.05, 0.1) is 11.5 Å². The lowest BCUT2D eigenvalue weighted by Crippen LogP contribution is -2.23. The Kier molecular flexibility index (Phi) is 8.45. The molecule has 2 aromatic carbocycles. The van der Waals surface area contributed by atoms with E-state index < -0.39 is 4.92 Å².